The van der Waals surface area contributed by atoms with Gasteiger partial charge < -0.3 is 0 Å². The molecule has 22 heavy (non-hydrogen) atoms. The van der Waals surface area contributed by atoms with E-state index in [1.165, 1.54) is 27.3 Å². The van der Waals surface area contributed by atoms with Gasteiger partial charge in [-0.25, -0.2) is 14.2 Å². The first-order valence-electron chi connectivity index (χ1n) is 6.45. The van der Waals surface area contributed by atoms with Gasteiger partial charge in [0.1, 0.15) is 17.2 Å². The number of halogens is 2. The van der Waals surface area contributed by atoms with Crippen molar-refractivity contribution < 1.29 is 4.39 Å². The van der Waals surface area contributed by atoms with Crippen molar-refractivity contribution in [1.82, 2.24) is 18.9 Å². The SMILES string of the molecule is O=c1nc2n3cc(F)ccc3ncc-2n1-c1ccc(Cl)cc1. The van der Waals surface area contributed by atoms with Crippen LogP contribution in [0.1, 0.15) is 0 Å². The molecule has 0 spiro atoms. The summed E-state index contributed by atoms with van der Waals surface area (Å²) < 4.78 is 16.3. The van der Waals surface area contributed by atoms with E-state index in [0.717, 1.165) is 0 Å². The summed E-state index contributed by atoms with van der Waals surface area (Å²) in [4.78, 5) is 20.5. The maximum atomic E-state index is 13.5. The van der Waals surface area contributed by atoms with Crippen LogP contribution in [0.25, 0.3) is 22.9 Å². The third-order valence-electron chi connectivity index (χ3n) is 3.39. The lowest BCUT2D eigenvalue weighted by Crippen LogP contribution is -2.14. The number of hydrogen-bond acceptors (Lipinski definition) is 3. The van der Waals surface area contributed by atoms with Gasteiger partial charge in [0, 0.05) is 11.2 Å². The predicted molar refractivity (Wildman–Crippen MR) is 80.2 cm³/mol. The Hall–Kier alpha value is -2.73. The van der Waals surface area contributed by atoms with Gasteiger partial charge in [0.05, 0.1) is 11.9 Å². The predicted octanol–water partition coefficient (Wildman–Crippen LogP) is 2.78. The van der Waals surface area contributed by atoms with Crippen molar-refractivity contribution in [2.24, 2.45) is 0 Å². The number of rotatable bonds is 1. The van der Waals surface area contributed by atoms with E-state index in [1.54, 1.807) is 30.5 Å². The third kappa shape index (κ3) is 1.88. The molecule has 0 atom stereocenters. The smallest absolute Gasteiger partial charge is 0.281 e. The summed E-state index contributed by atoms with van der Waals surface area (Å²) in [7, 11) is 0. The topological polar surface area (TPSA) is 52.2 Å². The Kier molecular flexibility index (Phi) is 2.74. The number of pyridine rings is 1. The molecule has 1 aromatic heterocycles. The minimum absolute atomic E-state index is 0.351. The number of imidazole rings is 1. The zero-order valence-electron chi connectivity index (χ0n) is 11.1. The van der Waals surface area contributed by atoms with Gasteiger partial charge in [-0.2, -0.15) is 4.98 Å². The van der Waals surface area contributed by atoms with Crippen molar-refractivity contribution in [2.45, 2.75) is 0 Å². The first-order chi connectivity index (χ1) is 10.6. The summed E-state index contributed by atoms with van der Waals surface area (Å²) in [5, 5.41) is 0.570. The van der Waals surface area contributed by atoms with Gasteiger partial charge in [-0.3, -0.25) is 8.97 Å². The van der Waals surface area contributed by atoms with E-state index >= 15 is 0 Å². The van der Waals surface area contributed by atoms with Crippen LogP contribution in [0.4, 0.5) is 4.39 Å². The van der Waals surface area contributed by atoms with Gasteiger partial charge in [0.2, 0.25) is 0 Å². The molecule has 4 rings (SSSR count). The van der Waals surface area contributed by atoms with Gasteiger partial charge in [0.15, 0.2) is 5.82 Å². The van der Waals surface area contributed by atoms with E-state index in [-0.39, 0.29) is 0 Å². The van der Waals surface area contributed by atoms with Crippen molar-refractivity contribution in [2.75, 3.05) is 0 Å². The lowest BCUT2D eigenvalue weighted by molar-refractivity contribution is 0.618. The summed E-state index contributed by atoms with van der Waals surface area (Å²) in [5.41, 5.74) is 1.17. The highest BCUT2D eigenvalue weighted by molar-refractivity contribution is 6.30. The summed E-state index contributed by atoms with van der Waals surface area (Å²) in [6.07, 6.45) is 2.80. The largest absolute Gasteiger partial charge is 0.354 e. The minimum Gasteiger partial charge on any atom is -0.281 e. The molecule has 1 aromatic carbocycles. The molecule has 5 nitrogen and oxygen atoms in total. The standard InChI is InChI=1S/C15H8ClFN4O/c16-9-1-4-11(5-2-9)21-12-7-18-13-6-3-10(17)8-20(13)14(12)19-15(21)22/h1-8H. The molecule has 0 aliphatic carbocycles. The number of fused-ring (bicyclic) bond motifs is 3. The average molecular weight is 315 g/mol. The quantitative estimate of drug-likeness (QED) is 0.543. The molecule has 0 unspecified atom stereocenters. The van der Waals surface area contributed by atoms with Crippen LogP contribution >= 0.6 is 11.6 Å². The van der Waals surface area contributed by atoms with Crippen molar-refractivity contribution in [1.29, 1.82) is 0 Å². The maximum absolute atomic E-state index is 13.5. The average Bonchev–Trinajstić information content (AvgIpc) is 2.85. The monoisotopic (exact) mass is 314 g/mol. The second kappa shape index (κ2) is 4.64. The van der Waals surface area contributed by atoms with Crippen LogP contribution in [0.2, 0.25) is 5.02 Å². The van der Waals surface area contributed by atoms with E-state index in [2.05, 4.69) is 9.97 Å². The zero-order valence-corrected chi connectivity index (χ0v) is 11.8. The molecule has 0 radical (unpaired) electrons. The van der Waals surface area contributed by atoms with Gasteiger partial charge in [-0.15, -0.1) is 0 Å². The fraction of sp³-hybridized carbons (Fsp3) is 0. The molecule has 3 heterocycles. The van der Waals surface area contributed by atoms with Gasteiger partial charge >= 0.3 is 5.69 Å². The molecule has 108 valence electrons. The third-order valence-corrected chi connectivity index (χ3v) is 3.64. The zero-order chi connectivity index (χ0) is 15.3. The molecular formula is C15H8ClFN4O. The van der Waals surface area contributed by atoms with E-state index in [4.69, 9.17) is 11.6 Å². The lowest BCUT2D eigenvalue weighted by atomic mass is 10.3. The normalized spacial score (nSPS) is 11.4. The van der Waals surface area contributed by atoms with Crippen LogP contribution in [0, 0.1) is 5.82 Å². The summed E-state index contributed by atoms with van der Waals surface area (Å²) >= 11 is 5.87. The Bertz CT molecular complexity index is 1020. The Labute approximate surface area is 128 Å². The van der Waals surface area contributed by atoms with Crippen molar-refractivity contribution in [3.05, 3.63) is 70.1 Å². The second-order valence-corrected chi connectivity index (χ2v) is 5.19. The highest BCUT2D eigenvalue weighted by Crippen LogP contribution is 2.23. The highest BCUT2D eigenvalue weighted by atomic mass is 35.5. The van der Waals surface area contributed by atoms with Crippen LogP contribution in [-0.4, -0.2) is 18.9 Å². The molecule has 2 aromatic rings. The van der Waals surface area contributed by atoms with E-state index in [1.807, 2.05) is 0 Å². The fourth-order valence-electron chi connectivity index (χ4n) is 2.40. The lowest BCUT2D eigenvalue weighted by Gasteiger charge is -2.09. The van der Waals surface area contributed by atoms with Crippen LogP contribution < -0.4 is 5.69 Å². The molecule has 0 amide bonds. The van der Waals surface area contributed by atoms with Gasteiger partial charge in [-0.1, -0.05) is 11.6 Å². The van der Waals surface area contributed by atoms with E-state index < -0.39 is 11.5 Å². The number of nitrogens with zero attached hydrogens (tertiary/aromatic N) is 4. The molecular weight excluding hydrogens is 307 g/mol. The molecule has 0 saturated carbocycles. The summed E-state index contributed by atoms with van der Waals surface area (Å²) in [6, 6.07) is 9.63. The van der Waals surface area contributed by atoms with Gasteiger partial charge in [0.25, 0.3) is 0 Å². The van der Waals surface area contributed by atoms with Crippen LogP contribution in [0.5, 0.6) is 0 Å². The van der Waals surface area contributed by atoms with Gasteiger partial charge in [-0.05, 0) is 36.4 Å². The van der Waals surface area contributed by atoms with Crippen molar-refractivity contribution >= 4 is 17.2 Å². The number of aromatic nitrogens is 4. The van der Waals surface area contributed by atoms with Crippen LogP contribution in [0.15, 0.2) is 53.6 Å². The van der Waals surface area contributed by atoms with E-state index in [9.17, 15) is 9.18 Å². The Morgan fingerprint density at radius 1 is 1.09 bits per heavy atom. The molecule has 0 bridgehead atoms. The summed E-state index contributed by atoms with van der Waals surface area (Å²) in [5.74, 6) is -0.0789. The maximum Gasteiger partial charge on any atom is 0.354 e. The molecule has 7 heteroatoms. The van der Waals surface area contributed by atoms with Crippen LogP contribution in [-0.2, 0) is 0 Å². The molecule has 0 N–H and O–H groups in total. The first kappa shape index (κ1) is 13.0. The first-order valence-corrected chi connectivity index (χ1v) is 6.82. The molecule has 0 saturated heterocycles. The Morgan fingerprint density at radius 2 is 1.86 bits per heavy atom. The summed E-state index contributed by atoms with van der Waals surface area (Å²) in [6.45, 7) is 0. The van der Waals surface area contributed by atoms with Crippen LogP contribution in [0.3, 0.4) is 0 Å². The second-order valence-electron chi connectivity index (χ2n) is 4.75. The Balaban J connectivity index is 2.05. The fourth-order valence-corrected chi connectivity index (χ4v) is 2.53. The van der Waals surface area contributed by atoms with Crippen molar-refractivity contribution in [3.8, 4) is 17.2 Å². The Morgan fingerprint density at radius 3 is 2.64 bits per heavy atom. The van der Waals surface area contributed by atoms with E-state index in [0.29, 0.717) is 27.9 Å². The highest BCUT2D eigenvalue weighted by Gasteiger charge is 2.19. The van der Waals surface area contributed by atoms with Crippen molar-refractivity contribution in [3.63, 3.8) is 0 Å². The minimum atomic E-state index is -0.455. The molecule has 0 fully saturated rings. The number of benzene rings is 1. The molecule has 2 aliphatic heterocycles. The molecule has 2 aliphatic rings. The number of hydrogen-bond donors (Lipinski definition) is 0.